The van der Waals surface area contributed by atoms with Gasteiger partial charge in [-0.2, -0.15) is 0 Å². The van der Waals surface area contributed by atoms with Gasteiger partial charge in [-0.25, -0.2) is 4.79 Å². The third-order valence-electron chi connectivity index (χ3n) is 4.49. The van der Waals surface area contributed by atoms with Gasteiger partial charge in [0.1, 0.15) is 6.04 Å². The third-order valence-corrected chi connectivity index (χ3v) is 4.49. The average molecular weight is 300 g/mol. The molecule has 22 heavy (non-hydrogen) atoms. The van der Waals surface area contributed by atoms with E-state index in [4.69, 9.17) is 0 Å². The lowest BCUT2D eigenvalue weighted by atomic mass is 9.92. The Kier molecular flexibility index (Phi) is 3.88. The number of rotatable bonds is 3. The maximum atomic E-state index is 12.6. The first-order valence-electron chi connectivity index (χ1n) is 7.63. The van der Waals surface area contributed by atoms with E-state index >= 15 is 0 Å². The number of nitrogens with one attached hydrogen (secondary N) is 1. The smallest absolute Gasteiger partial charge is 0.326 e. The minimum Gasteiger partial charge on any atom is -0.480 e. The van der Waals surface area contributed by atoms with Gasteiger partial charge in [0.15, 0.2) is 0 Å². The van der Waals surface area contributed by atoms with Crippen molar-refractivity contribution in [1.29, 1.82) is 0 Å². The molecule has 1 saturated heterocycles. The number of para-hydroxylation sites is 1. The first kappa shape index (κ1) is 14.6. The van der Waals surface area contributed by atoms with Crippen LogP contribution in [0.2, 0.25) is 0 Å². The molecule has 1 aliphatic rings. The van der Waals surface area contributed by atoms with Crippen LogP contribution in [0.4, 0.5) is 0 Å². The predicted molar refractivity (Wildman–Crippen MR) is 83.5 cm³/mol. The van der Waals surface area contributed by atoms with Crippen LogP contribution in [0, 0.1) is 5.92 Å². The number of likely N-dealkylation sites (tertiary alicyclic amines) is 1. The summed E-state index contributed by atoms with van der Waals surface area (Å²) in [6.07, 6.45) is 3.48. The molecule has 3 rings (SSSR count). The molecule has 5 heteroatoms. The number of aromatic amines is 1. The third kappa shape index (κ3) is 2.71. The molecule has 2 unspecified atom stereocenters. The van der Waals surface area contributed by atoms with Crippen molar-refractivity contribution < 1.29 is 14.7 Å². The van der Waals surface area contributed by atoms with Crippen molar-refractivity contribution in [3.63, 3.8) is 0 Å². The number of nitrogens with zero attached hydrogens (tertiary/aromatic N) is 1. The quantitative estimate of drug-likeness (QED) is 0.914. The fourth-order valence-electron chi connectivity index (χ4n) is 3.22. The lowest BCUT2D eigenvalue weighted by Crippen LogP contribution is -2.50. The topological polar surface area (TPSA) is 73.4 Å². The highest BCUT2D eigenvalue weighted by atomic mass is 16.4. The molecule has 1 amide bonds. The number of carboxylic acid groups (broad SMARTS) is 1. The Morgan fingerprint density at radius 3 is 2.91 bits per heavy atom. The van der Waals surface area contributed by atoms with E-state index in [1.54, 1.807) is 0 Å². The number of benzene rings is 1. The number of amides is 1. The Labute approximate surface area is 128 Å². The van der Waals surface area contributed by atoms with Gasteiger partial charge in [0.05, 0.1) is 6.42 Å². The summed E-state index contributed by atoms with van der Waals surface area (Å²) >= 11 is 0. The van der Waals surface area contributed by atoms with Crippen LogP contribution in [0.3, 0.4) is 0 Å². The predicted octanol–water partition coefficient (Wildman–Crippen LogP) is 2.42. The first-order chi connectivity index (χ1) is 10.6. The van der Waals surface area contributed by atoms with Crippen molar-refractivity contribution in [2.45, 2.75) is 32.2 Å². The van der Waals surface area contributed by atoms with Gasteiger partial charge >= 0.3 is 5.97 Å². The molecule has 2 N–H and O–H groups in total. The van der Waals surface area contributed by atoms with E-state index in [0.717, 1.165) is 22.9 Å². The number of carbonyl (C=O) groups excluding carboxylic acids is 1. The van der Waals surface area contributed by atoms with E-state index in [-0.39, 0.29) is 12.3 Å². The zero-order valence-electron chi connectivity index (χ0n) is 12.6. The van der Waals surface area contributed by atoms with Crippen LogP contribution >= 0.6 is 0 Å². The van der Waals surface area contributed by atoms with E-state index in [1.807, 2.05) is 37.4 Å². The average Bonchev–Trinajstić information content (AvgIpc) is 2.90. The normalized spacial score (nSPS) is 22.0. The lowest BCUT2D eigenvalue weighted by molar-refractivity contribution is -0.152. The highest BCUT2D eigenvalue weighted by Crippen LogP contribution is 2.25. The molecular weight excluding hydrogens is 280 g/mol. The fraction of sp³-hybridized carbons (Fsp3) is 0.412. The molecule has 1 aliphatic heterocycles. The number of aliphatic carboxylic acids is 1. The van der Waals surface area contributed by atoms with E-state index in [1.165, 1.54) is 4.90 Å². The van der Waals surface area contributed by atoms with Gasteiger partial charge < -0.3 is 15.0 Å². The molecule has 2 atom stereocenters. The standard InChI is InChI=1S/C17H20N2O3/c1-11-6-7-19(15(8-11)17(21)22)16(20)9-12-10-18-14-5-3-2-4-13(12)14/h2-5,10-11,15,18H,6-9H2,1H3,(H,21,22). The molecule has 0 aliphatic carbocycles. The Bertz CT molecular complexity index is 707. The molecule has 5 nitrogen and oxygen atoms in total. The molecule has 0 saturated carbocycles. The van der Waals surface area contributed by atoms with Crippen molar-refractivity contribution >= 4 is 22.8 Å². The van der Waals surface area contributed by atoms with Crippen molar-refractivity contribution in [2.75, 3.05) is 6.54 Å². The van der Waals surface area contributed by atoms with Gasteiger partial charge in [-0.05, 0) is 30.4 Å². The van der Waals surface area contributed by atoms with Gasteiger partial charge in [0.25, 0.3) is 0 Å². The number of aromatic nitrogens is 1. The molecule has 2 heterocycles. The SMILES string of the molecule is CC1CCN(C(=O)Cc2c[nH]c3ccccc23)C(C(=O)O)C1. The maximum Gasteiger partial charge on any atom is 0.326 e. The van der Waals surface area contributed by atoms with Gasteiger partial charge in [-0.1, -0.05) is 25.1 Å². The molecule has 1 fully saturated rings. The number of carbonyl (C=O) groups is 2. The maximum absolute atomic E-state index is 12.6. The second kappa shape index (κ2) is 5.83. The van der Waals surface area contributed by atoms with E-state index < -0.39 is 12.0 Å². The Morgan fingerprint density at radius 1 is 1.36 bits per heavy atom. The van der Waals surface area contributed by atoms with Crippen LogP contribution in [0.1, 0.15) is 25.3 Å². The first-order valence-corrected chi connectivity index (χ1v) is 7.63. The summed E-state index contributed by atoms with van der Waals surface area (Å²) in [7, 11) is 0. The summed E-state index contributed by atoms with van der Waals surface area (Å²) < 4.78 is 0. The van der Waals surface area contributed by atoms with Gasteiger partial charge in [-0.3, -0.25) is 4.79 Å². The Morgan fingerprint density at radius 2 is 2.14 bits per heavy atom. The van der Waals surface area contributed by atoms with E-state index in [9.17, 15) is 14.7 Å². The molecule has 116 valence electrons. The zero-order valence-corrected chi connectivity index (χ0v) is 12.6. The lowest BCUT2D eigenvalue weighted by Gasteiger charge is -2.36. The van der Waals surface area contributed by atoms with Crippen LogP contribution in [-0.2, 0) is 16.0 Å². The molecule has 0 bridgehead atoms. The second-order valence-corrected chi connectivity index (χ2v) is 6.11. The van der Waals surface area contributed by atoms with Crippen molar-refractivity contribution in [1.82, 2.24) is 9.88 Å². The van der Waals surface area contributed by atoms with Crippen LogP contribution in [0.25, 0.3) is 10.9 Å². The second-order valence-electron chi connectivity index (χ2n) is 6.11. The van der Waals surface area contributed by atoms with Crippen molar-refractivity contribution in [2.24, 2.45) is 5.92 Å². The van der Waals surface area contributed by atoms with E-state index in [2.05, 4.69) is 4.98 Å². The number of hydrogen-bond acceptors (Lipinski definition) is 2. The summed E-state index contributed by atoms with van der Waals surface area (Å²) in [6.45, 7) is 2.57. The largest absolute Gasteiger partial charge is 0.480 e. The summed E-state index contributed by atoms with van der Waals surface area (Å²) in [5, 5.41) is 10.4. The summed E-state index contributed by atoms with van der Waals surface area (Å²) in [5.74, 6) is -0.666. The van der Waals surface area contributed by atoms with Crippen LogP contribution in [0.5, 0.6) is 0 Å². The Hall–Kier alpha value is -2.30. The molecule has 0 spiro atoms. The molecule has 0 radical (unpaired) electrons. The minimum absolute atomic E-state index is 0.107. The summed E-state index contributed by atoms with van der Waals surface area (Å²) in [4.78, 5) is 28.7. The van der Waals surface area contributed by atoms with Crippen LogP contribution in [-0.4, -0.2) is 39.5 Å². The van der Waals surface area contributed by atoms with Gasteiger partial charge in [0.2, 0.25) is 5.91 Å². The Balaban J connectivity index is 1.80. The number of hydrogen-bond donors (Lipinski definition) is 2. The van der Waals surface area contributed by atoms with Crippen LogP contribution < -0.4 is 0 Å². The van der Waals surface area contributed by atoms with Gasteiger partial charge in [0, 0.05) is 23.6 Å². The molecule has 2 aromatic rings. The fourth-order valence-corrected chi connectivity index (χ4v) is 3.22. The molecule has 1 aromatic heterocycles. The number of carboxylic acids is 1. The van der Waals surface area contributed by atoms with E-state index in [0.29, 0.717) is 18.9 Å². The highest BCUT2D eigenvalue weighted by Gasteiger charge is 2.34. The highest BCUT2D eigenvalue weighted by molar-refractivity contribution is 5.90. The van der Waals surface area contributed by atoms with Crippen molar-refractivity contribution in [3.05, 3.63) is 36.0 Å². The minimum atomic E-state index is -0.904. The number of fused-ring (bicyclic) bond motifs is 1. The number of piperidine rings is 1. The monoisotopic (exact) mass is 300 g/mol. The molecule has 1 aromatic carbocycles. The summed E-state index contributed by atoms with van der Waals surface area (Å²) in [6, 6.07) is 7.12. The zero-order chi connectivity index (χ0) is 15.7. The summed E-state index contributed by atoms with van der Waals surface area (Å²) in [5.41, 5.74) is 1.91. The molecular formula is C17H20N2O3. The van der Waals surface area contributed by atoms with Gasteiger partial charge in [-0.15, -0.1) is 0 Å². The van der Waals surface area contributed by atoms with Crippen molar-refractivity contribution in [3.8, 4) is 0 Å². The number of H-pyrrole nitrogens is 1. The van der Waals surface area contributed by atoms with Crippen LogP contribution in [0.15, 0.2) is 30.5 Å².